The number of carboxylic acids is 1. The van der Waals surface area contributed by atoms with E-state index < -0.39 is 17.9 Å². The van der Waals surface area contributed by atoms with Crippen LogP contribution in [0.3, 0.4) is 0 Å². The Kier molecular flexibility index (Phi) is 5.60. The van der Waals surface area contributed by atoms with Crippen LogP contribution in [-0.2, 0) is 4.79 Å². The summed E-state index contributed by atoms with van der Waals surface area (Å²) in [6.07, 6.45) is 5.15. The Hall–Kier alpha value is -2.28. The molecule has 2 heterocycles. The molecule has 0 aliphatic carbocycles. The minimum atomic E-state index is -1.02. The zero-order valence-electron chi connectivity index (χ0n) is 12.2. The number of unbranched alkanes of at least 4 members (excludes halogenated alkanes) is 1. The lowest BCUT2D eigenvalue weighted by Crippen LogP contribution is -2.40. The zero-order valence-corrected chi connectivity index (χ0v) is 13.0. The molecule has 2 rings (SSSR count). The number of aliphatic carboxylic acids is 1. The fourth-order valence-corrected chi connectivity index (χ4v) is 2.68. The number of carboxylic acid groups (broad SMARTS) is 1. The Balaban J connectivity index is 2.06. The van der Waals surface area contributed by atoms with Gasteiger partial charge in [0, 0.05) is 6.20 Å². The van der Waals surface area contributed by atoms with Gasteiger partial charge in [-0.15, -0.1) is 11.3 Å². The molecule has 2 aromatic heterocycles. The predicted molar refractivity (Wildman–Crippen MR) is 83.8 cm³/mol. The van der Waals surface area contributed by atoms with Crippen molar-refractivity contribution in [3.63, 3.8) is 0 Å². The molecule has 2 N–H and O–H groups in total. The van der Waals surface area contributed by atoms with E-state index in [1.54, 1.807) is 12.3 Å². The standard InChI is InChI=1S/C15H17N3O3S/c1-2-3-6-11(15(20)21)18-13(19)12-9-17-14(22-12)10-7-4-5-8-16-10/h4-5,7-9,11H,2-3,6H2,1H3,(H,18,19)(H,20,21)/t11-/m0/s1. The van der Waals surface area contributed by atoms with E-state index in [1.165, 1.54) is 17.5 Å². The van der Waals surface area contributed by atoms with Crippen LogP contribution in [0.2, 0.25) is 0 Å². The fourth-order valence-electron chi connectivity index (χ4n) is 1.88. The Bertz CT molecular complexity index is 642. The van der Waals surface area contributed by atoms with E-state index >= 15 is 0 Å². The summed E-state index contributed by atoms with van der Waals surface area (Å²) in [5.74, 6) is -1.43. The molecule has 2 aromatic rings. The molecular weight excluding hydrogens is 302 g/mol. The van der Waals surface area contributed by atoms with Crippen LogP contribution >= 0.6 is 11.3 Å². The summed E-state index contributed by atoms with van der Waals surface area (Å²) in [5.41, 5.74) is 0.687. The van der Waals surface area contributed by atoms with Crippen LogP contribution in [0, 0.1) is 0 Å². The second kappa shape index (κ2) is 7.65. The minimum Gasteiger partial charge on any atom is -0.480 e. The third-order valence-corrected chi connectivity index (χ3v) is 4.08. The van der Waals surface area contributed by atoms with Crippen LogP contribution in [0.15, 0.2) is 30.6 Å². The topological polar surface area (TPSA) is 92.2 Å². The molecule has 0 radical (unpaired) electrons. The first-order valence-electron chi connectivity index (χ1n) is 7.02. The maximum Gasteiger partial charge on any atom is 0.326 e. The van der Waals surface area contributed by atoms with E-state index in [1.807, 2.05) is 19.1 Å². The fraction of sp³-hybridized carbons (Fsp3) is 0.333. The number of amides is 1. The quantitative estimate of drug-likeness (QED) is 0.818. The number of nitrogens with one attached hydrogen (secondary N) is 1. The van der Waals surface area contributed by atoms with Gasteiger partial charge in [-0.25, -0.2) is 9.78 Å². The van der Waals surface area contributed by atoms with Crippen molar-refractivity contribution in [2.24, 2.45) is 0 Å². The molecule has 6 nitrogen and oxygen atoms in total. The second-order valence-electron chi connectivity index (χ2n) is 4.75. The average molecular weight is 319 g/mol. The number of aromatic nitrogens is 2. The molecule has 0 aliphatic heterocycles. The molecule has 0 spiro atoms. The lowest BCUT2D eigenvalue weighted by atomic mass is 10.1. The average Bonchev–Trinajstić information content (AvgIpc) is 3.02. The smallest absolute Gasteiger partial charge is 0.326 e. The second-order valence-corrected chi connectivity index (χ2v) is 5.78. The number of pyridine rings is 1. The highest BCUT2D eigenvalue weighted by atomic mass is 32.1. The molecule has 0 saturated carbocycles. The van der Waals surface area contributed by atoms with Gasteiger partial charge in [0.25, 0.3) is 5.91 Å². The molecule has 116 valence electrons. The normalized spacial score (nSPS) is 11.9. The van der Waals surface area contributed by atoms with Gasteiger partial charge in [-0.2, -0.15) is 0 Å². The molecule has 0 bridgehead atoms. The van der Waals surface area contributed by atoms with Crippen molar-refractivity contribution in [1.29, 1.82) is 0 Å². The highest BCUT2D eigenvalue weighted by Crippen LogP contribution is 2.23. The number of hydrogen-bond donors (Lipinski definition) is 2. The van der Waals surface area contributed by atoms with Crippen molar-refractivity contribution in [3.8, 4) is 10.7 Å². The summed E-state index contributed by atoms with van der Waals surface area (Å²) >= 11 is 1.19. The van der Waals surface area contributed by atoms with Gasteiger partial charge in [-0.05, 0) is 18.6 Å². The van der Waals surface area contributed by atoms with Gasteiger partial charge in [0.2, 0.25) is 0 Å². The first-order chi connectivity index (χ1) is 10.6. The van der Waals surface area contributed by atoms with E-state index in [-0.39, 0.29) is 0 Å². The Labute approximate surface area is 132 Å². The van der Waals surface area contributed by atoms with Gasteiger partial charge in [0.15, 0.2) is 0 Å². The largest absolute Gasteiger partial charge is 0.480 e. The van der Waals surface area contributed by atoms with Crippen LogP contribution in [0.25, 0.3) is 10.7 Å². The monoisotopic (exact) mass is 319 g/mol. The van der Waals surface area contributed by atoms with Crippen molar-refractivity contribution < 1.29 is 14.7 Å². The Morgan fingerprint density at radius 2 is 2.18 bits per heavy atom. The van der Waals surface area contributed by atoms with E-state index in [0.29, 0.717) is 22.0 Å². The van der Waals surface area contributed by atoms with Gasteiger partial charge < -0.3 is 10.4 Å². The van der Waals surface area contributed by atoms with Gasteiger partial charge in [0.05, 0.1) is 11.9 Å². The summed E-state index contributed by atoms with van der Waals surface area (Å²) in [7, 11) is 0. The van der Waals surface area contributed by atoms with Crippen LogP contribution in [0.1, 0.15) is 35.9 Å². The summed E-state index contributed by atoms with van der Waals surface area (Å²) in [6, 6.07) is 4.58. The molecule has 7 heteroatoms. The molecule has 0 aromatic carbocycles. The molecule has 0 fully saturated rings. The highest BCUT2D eigenvalue weighted by molar-refractivity contribution is 7.16. The van der Waals surface area contributed by atoms with Gasteiger partial charge >= 0.3 is 5.97 Å². The lowest BCUT2D eigenvalue weighted by Gasteiger charge is -2.12. The highest BCUT2D eigenvalue weighted by Gasteiger charge is 2.21. The third kappa shape index (κ3) is 4.11. The van der Waals surface area contributed by atoms with Crippen molar-refractivity contribution in [1.82, 2.24) is 15.3 Å². The summed E-state index contributed by atoms with van der Waals surface area (Å²) in [4.78, 5) is 32.0. The van der Waals surface area contributed by atoms with Gasteiger partial charge in [-0.1, -0.05) is 25.8 Å². The van der Waals surface area contributed by atoms with Crippen molar-refractivity contribution in [2.75, 3.05) is 0 Å². The first kappa shape index (κ1) is 16.1. The molecule has 1 atom stereocenters. The number of carbonyl (C=O) groups is 2. The van der Waals surface area contributed by atoms with Gasteiger partial charge in [0.1, 0.15) is 15.9 Å². The summed E-state index contributed by atoms with van der Waals surface area (Å²) in [5, 5.41) is 12.3. The van der Waals surface area contributed by atoms with Gasteiger partial charge in [-0.3, -0.25) is 9.78 Å². The molecule has 0 saturated heterocycles. The molecule has 0 aliphatic rings. The number of thiazole rings is 1. The third-order valence-electron chi connectivity index (χ3n) is 3.06. The van der Waals surface area contributed by atoms with E-state index in [4.69, 9.17) is 5.11 Å². The van der Waals surface area contributed by atoms with Crippen LogP contribution < -0.4 is 5.32 Å². The Morgan fingerprint density at radius 3 is 2.82 bits per heavy atom. The van der Waals surface area contributed by atoms with Crippen molar-refractivity contribution in [2.45, 2.75) is 32.2 Å². The number of rotatable bonds is 7. The molecule has 1 amide bonds. The number of hydrogen-bond acceptors (Lipinski definition) is 5. The first-order valence-corrected chi connectivity index (χ1v) is 7.84. The lowest BCUT2D eigenvalue weighted by molar-refractivity contribution is -0.139. The maximum absolute atomic E-state index is 12.1. The summed E-state index contributed by atoms with van der Waals surface area (Å²) < 4.78 is 0. The maximum atomic E-state index is 12.1. The summed E-state index contributed by atoms with van der Waals surface area (Å²) in [6.45, 7) is 1.98. The van der Waals surface area contributed by atoms with E-state index in [9.17, 15) is 9.59 Å². The zero-order chi connectivity index (χ0) is 15.9. The molecule has 22 heavy (non-hydrogen) atoms. The SMILES string of the molecule is CCCC[C@H](NC(=O)c1cnc(-c2ccccn2)s1)C(=O)O. The van der Waals surface area contributed by atoms with E-state index in [0.717, 1.165) is 12.8 Å². The van der Waals surface area contributed by atoms with Crippen LogP contribution in [0.5, 0.6) is 0 Å². The number of carbonyl (C=O) groups excluding carboxylic acids is 1. The van der Waals surface area contributed by atoms with Crippen LogP contribution in [0.4, 0.5) is 0 Å². The van der Waals surface area contributed by atoms with E-state index in [2.05, 4.69) is 15.3 Å². The van der Waals surface area contributed by atoms with Crippen molar-refractivity contribution >= 4 is 23.2 Å². The predicted octanol–water partition coefficient (Wildman–Crippen LogP) is 2.58. The molecular formula is C15H17N3O3S. The molecule has 0 unspecified atom stereocenters. The number of nitrogens with zero attached hydrogens (tertiary/aromatic N) is 2. The van der Waals surface area contributed by atoms with Crippen LogP contribution in [-0.4, -0.2) is 33.0 Å². The minimum absolute atomic E-state index is 0.378. The van der Waals surface area contributed by atoms with Crippen molar-refractivity contribution in [3.05, 3.63) is 35.5 Å². The Morgan fingerprint density at radius 1 is 1.36 bits per heavy atom.